The normalized spacial score (nSPS) is 11.2. The molecule has 5 heteroatoms. The predicted molar refractivity (Wildman–Crippen MR) is 69.9 cm³/mol. The number of allylic oxidation sites excluding steroid dienone is 1. The molecule has 0 aromatic heterocycles. The summed E-state index contributed by atoms with van der Waals surface area (Å²) < 4.78 is 13.1. The van der Waals surface area contributed by atoms with Crippen LogP contribution in [0.3, 0.4) is 0 Å². The van der Waals surface area contributed by atoms with Crippen LogP contribution in [0.1, 0.15) is 19.4 Å². The number of halogens is 1. The molecule has 0 saturated carbocycles. The van der Waals surface area contributed by atoms with Gasteiger partial charge in [-0.2, -0.15) is 0 Å². The lowest BCUT2D eigenvalue weighted by Gasteiger charge is -2.16. The van der Waals surface area contributed by atoms with Gasteiger partial charge in [-0.25, -0.2) is 4.39 Å². The number of rotatable bonds is 5. The summed E-state index contributed by atoms with van der Waals surface area (Å²) in [6.45, 7) is 3.34. The third-order valence-corrected chi connectivity index (χ3v) is 2.64. The molecule has 4 nitrogen and oxygen atoms in total. The molecule has 102 valence electrons. The molecule has 1 aromatic carbocycles. The maximum absolute atomic E-state index is 13.1. The SMILES string of the molecule is CCN(CC(=O)O)C(=O)/C=C(/C)c1cccc(F)c1. The molecule has 0 radical (unpaired) electrons. The summed E-state index contributed by atoms with van der Waals surface area (Å²) in [7, 11) is 0. The molecular weight excluding hydrogens is 249 g/mol. The molecular formula is C14H16FNO3. The van der Waals surface area contributed by atoms with Gasteiger partial charge in [0.25, 0.3) is 0 Å². The van der Waals surface area contributed by atoms with E-state index in [1.54, 1.807) is 26.0 Å². The Kier molecular flexibility index (Phi) is 5.23. The van der Waals surface area contributed by atoms with Crippen LogP contribution in [-0.4, -0.2) is 35.0 Å². The van der Waals surface area contributed by atoms with E-state index >= 15 is 0 Å². The Morgan fingerprint density at radius 1 is 1.42 bits per heavy atom. The van der Waals surface area contributed by atoms with Crippen LogP contribution >= 0.6 is 0 Å². The molecule has 0 unspecified atom stereocenters. The van der Waals surface area contributed by atoms with Crippen molar-refractivity contribution in [3.8, 4) is 0 Å². The van der Waals surface area contributed by atoms with Gasteiger partial charge in [-0.15, -0.1) is 0 Å². The van der Waals surface area contributed by atoms with Gasteiger partial charge in [-0.1, -0.05) is 12.1 Å². The van der Waals surface area contributed by atoms with E-state index in [4.69, 9.17) is 5.11 Å². The standard InChI is InChI=1S/C14H16FNO3/c1-3-16(9-14(18)19)13(17)7-10(2)11-5-4-6-12(15)8-11/h4-8H,3,9H2,1-2H3,(H,18,19)/b10-7-. The van der Waals surface area contributed by atoms with E-state index in [1.165, 1.54) is 23.1 Å². The largest absolute Gasteiger partial charge is 0.480 e. The third kappa shape index (κ3) is 4.54. The Morgan fingerprint density at radius 3 is 2.63 bits per heavy atom. The minimum Gasteiger partial charge on any atom is -0.480 e. The summed E-state index contributed by atoms with van der Waals surface area (Å²) in [5.41, 5.74) is 1.19. The average molecular weight is 265 g/mol. The number of hydrogen-bond donors (Lipinski definition) is 1. The molecule has 0 heterocycles. The number of carbonyl (C=O) groups is 2. The Morgan fingerprint density at radius 2 is 2.11 bits per heavy atom. The fraction of sp³-hybridized carbons (Fsp3) is 0.286. The first-order valence-electron chi connectivity index (χ1n) is 5.89. The van der Waals surface area contributed by atoms with Gasteiger partial charge >= 0.3 is 5.97 Å². The van der Waals surface area contributed by atoms with Crippen LogP contribution in [0.15, 0.2) is 30.3 Å². The summed E-state index contributed by atoms with van der Waals surface area (Å²) in [6.07, 6.45) is 1.32. The van der Waals surface area contributed by atoms with Gasteiger partial charge in [0, 0.05) is 12.6 Å². The zero-order valence-corrected chi connectivity index (χ0v) is 10.9. The number of amides is 1. The van der Waals surface area contributed by atoms with Gasteiger partial charge in [0.15, 0.2) is 0 Å². The van der Waals surface area contributed by atoms with Crippen molar-refractivity contribution in [3.63, 3.8) is 0 Å². The van der Waals surface area contributed by atoms with Crippen molar-refractivity contribution in [2.75, 3.05) is 13.1 Å². The number of carboxylic acids is 1. The van der Waals surface area contributed by atoms with Gasteiger partial charge in [0.2, 0.25) is 5.91 Å². The first-order valence-corrected chi connectivity index (χ1v) is 5.89. The zero-order chi connectivity index (χ0) is 14.4. The summed E-state index contributed by atoms with van der Waals surface area (Å²) in [4.78, 5) is 23.7. The van der Waals surface area contributed by atoms with Crippen LogP contribution < -0.4 is 0 Å². The number of nitrogens with zero attached hydrogens (tertiary/aromatic N) is 1. The van der Waals surface area contributed by atoms with E-state index in [2.05, 4.69) is 0 Å². The highest BCUT2D eigenvalue weighted by atomic mass is 19.1. The van der Waals surface area contributed by atoms with Crippen molar-refractivity contribution in [2.45, 2.75) is 13.8 Å². The maximum atomic E-state index is 13.1. The van der Waals surface area contributed by atoms with Crippen molar-refractivity contribution >= 4 is 17.4 Å². The highest BCUT2D eigenvalue weighted by Gasteiger charge is 2.13. The van der Waals surface area contributed by atoms with Crippen LogP contribution in [0.4, 0.5) is 4.39 Å². The Hall–Kier alpha value is -2.17. The fourth-order valence-corrected chi connectivity index (χ4v) is 1.60. The van der Waals surface area contributed by atoms with E-state index in [1.807, 2.05) is 0 Å². The Labute approximate surface area is 111 Å². The lowest BCUT2D eigenvalue weighted by Crippen LogP contribution is -2.34. The molecule has 19 heavy (non-hydrogen) atoms. The summed E-state index contributed by atoms with van der Waals surface area (Å²) in [6, 6.07) is 5.89. The number of benzene rings is 1. The van der Waals surface area contributed by atoms with E-state index < -0.39 is 11.9 Å². The molecule has 0 bridgehead atoms. The molecule has 0 aliphatic rings. The fourth-order valence-electron chi connectivity index (χ4n) is 1.60. The first kappa shape index (κ1) is 14.9. The van der Waals surface area contributed by atoms with Crippen molar-refractivity contribution < 1.29 is 19.1 Å². The molecule has 0 saturated heterocycles. The number of carboxylic acid groups (broad SMARTS) is 1. The molecule has 0 aliphatic carbocycles. The van der Waals surface area contributed by atoms with Crippen molar-refractivity contribution in [2.24, 2.45) is 0 Å². The predicted octanol–water partition coefficient (Wildman–Crippen LogP) is 2.16. The van der Waals surface area contributed by atoms with Gasteiger partial charge < -0.3 is 10.0 Å². The van der Waals surface area contributed by atoms with E-state index in [-0.39, 0.29) is 12.4 Å². The average Bonchev–Trinajstić information content (AvgIpc) is 2.35. The van der Waals surface area contributed by atoms with Crippen molar-refractivity contribution in [3.05, 3.63) is 41.7 Å². The minimum atomic E-state index is -1.06. The smallest absolute Gasteiger partial charge is 0.323 e. The van der Waals surface area contributed by atoms with Crippen molar-refractivity contribution in [1.82, 2.24) is 4.90 Å². The number of likely N-dealkylation sites (N-methyl/N-ethyl adjacent to an activating group) is 1. The molecule has 1 rings (SSSR count). The molecule has 0 fully saturated rings. The lowest BCUT2D eigenvalue weighted by atomic mass is 10.1. The van der Waals surface area contributed by atoms with Gasteiger partial charge in [-0.3, -0.25) is 9.59 Å². The minimum absolute atomic E-state index is 0.304. The summed E-state index contributed by atoms with van der Waals surface area (Å²) in [5.74, 6) is -1.84. The monoisotopic (exact) mass is 265 g/mol. The molecule has 1 amide bonds. The van der Waals surface area contributed by atoms with Crippen LogP contribution in [0.25, 0.3) is 5.57 Å². The lowest BCUT2D eigenvalue weighted by molar-refractivity contribution is -0.142. The van der Waals surface area contributed by atoms with Crippen LogP contribution in [0, 0.1) is 5.82 Å². The molecule has 0 atom stereocenters. The van der Waals surface area contributed by atoms with Crippen LogP contribution in [0.2, 0.25) is 0 Å². The second-order valence-electron chi connectivity index (χ2n) is 4.08. The van der Waals surface area contributed by atoms with Crippen LogP contribution in [0.5, 0.6) is 0 Å². The van der Waals surface area contributed by atoms with Crippen LogP contribution in [-0.2, 0) is 9.59 Å². The quantitative estimate of drug-likeness (QED) is 0.830. The number of carbonyl (C=O) groups excluding carboxylic acids is 1. The number of hydrogen-bond acceptors (Lipinski definition) is 2. The van der Waals surface area contributed by atoms with Gasteiger partial charge in [0.1, 0.15) is 12.4 Å². The summed E-state index contributed by atoms with van der Waals surface area (Å²) in [5, 5.41) is 8.69. The Balaban J connectivity index is 2.88. The number of aliphatic carboxylic acids is 1. The third-order valence-electron chi connectivity index (χ3n) is 2.64. The summed E-state index contributed by atoms with van der Waals surface area (Å²) >= 11 is 0. The first-order chi connectivity index (χ1) is 8.93. The second kappa shape index (κ2) is 6.68. The second-order valence-corrected chi connectivity index (χ2v) is 4.08. The topological polar surface area (TPSA) is 57.6 Å². The van der Waals surface area contributed by atoms with Crippen molar-refractivity contribution in [1.29, 1.82) is 0 Å². The molecule has 0 aliphatic heterocycles. The Bertz CT molecular complexity index is 511. The molecule has 1 N–H and O–H groups in total. The van der Waals surface area contributed by atoms with Gasteiger partial charge in [-0.05, 0) is 37.1 Å². The molecule has 0 spiro atoms. The highest BCUT2D eigenvalue weighted by molar-refractivity contribution is 5.96. The zero-order valence-electron chi connectivity index (χ0n) is 10.9. The van der Waals surface area contributed by atoms with E-state index in [0.717, 1.165) is 0 Å². The van der Waals surface area contributed by atoms with E-state index in [0.29, 0.717) is 17.7 Å². The highest BCUT2D eigenvalue weighted by Crippen LogP contribution is 2.15. The molecule has 1 aromatic rings. The van der Waals surface area contributed by atoms with Gasteiger partial charge in [0.05, 0.1) is 0 Å². The maximum Gasteiger partial charge on any atom is 0.323 e. The van der Waals surface area contributed by atoms with E-state index in [9.17, 15) is 14.0 Å².